The quantitative estimate of drug-likeness (QED) is 0.906. The van der Waals surface area contributed by atoms with E-state index in [4.69, 9.17) is 4.74 Å². The van der Waals surface area contributed by atoms with Crippen molar-refractivity contribution in [3.63, 3.8) is 0 Å². The lowest BCUT2D eigenvalue weighted by Gasteiger charge is -2.10. The highest BCUT2D eigenvalue weighted by atomic mass is 19.2. The van der Waals surface area contributed by atoms with Crippen LogP contribution < -0.4 is 10.1 Å². The van der Waals surface area contributed by atoms with Crippen molar-refractivity contribution in [3.8, 4) is 11.6 Å². The minimum absolute atomic E-state index is 0.175. The topological polar surface area (TPSA) is 34.2 Å². The molecule has 0 fully saturated rings. The third kappa shape index (κ3) is 2.62. The average Bonchev–Trinajstić information content (AvgIpc) is 2.37. The summed E-state index contributed by atoms with van der Waals surface area (Å²) < 4.78 is 31.8. The van der Waals surface area contributed by atoms with Crippen molar-refractivity contribution in [1.29, 1.82) is 0 Å². The second-order valence-corrected chi connectivity index (χ2v) is 3.65. The Bertz CT molecular complexity index is 546. The van der Waals surface area contributed by atoms with Crippen LogP contribution in [0.3, 0.4) is 0 Å². The van der Waals surface area contributed by atoms with Crippen molar-refractivity contribution < 1.29 is 13.5 Å². The van der Waals surface area contributed by atoms with Gasteiger partial charge in [0.2, 0.25) is 11.7 Å². The molecule has 0 aliphatic heterocycles. The van der Waals surface area contributed by atoms with Gasteiger partial charge in [0.15, 0.2) is 11.6 Å². The van der Waals surface area contributed by atoms with Crippen LogP contribution in [0.5, 0.6) is 11.6 Å². The van der Waals surface area contributed by atoms with Gasteiger partial charge in [0.1, 0.15) is 0 Å². The molecule has 3 nitrogen and oxygen atoms in total. The smallest absolute Gasteiger partial charge is 0.223 e. The van der Waals surface area contributed by atoms with E-state index in [0.717, 1.165) is 11.6 Å². The number of ether oxygens (including phenoxy) is 1. The summed E-state index contributed by atoms with van der Waals surface area (Å²) in [5.41, 5.74) is 0.767. The molecule has 2 aromatic rings. The number of halogens is 2. The van der Waals surface area contributed by atoms with E-state index in [1.165, 1.54) is 18.3 Å². The minimum Gasteiger partial charge on any atom is -0.435 e. The molecular formula is C13H12F2N2O. The maximum Gasteiger partial charge on any atom is 0.223 e. The number of nitrogens with zero attached hydrogens (tertiary/aromatic N) is 1. The summed E-state index contributed by atoms with van der Waals surface area (Å²) in [6, 6.07) is 7.33. The monoisotopic (exact) mass is 250 g/mol. The van der Waals surface area contributed by atoms with Crippen LogP contribution in [-0.2, 0) is 6.54 Å². The highest BCUT2D eigenvalue weighted by Gasteiger charge is 2.12. The Morgan fingerprint density at radius 2 is 2.06 bits per heavy atom. The molecular weight excluding hydrogens is 238 g/mol. The van der Waals surface area contributed by atoms with E-state index in [0.29, 0.717) is 6.54 Å². The fraction of sp³-hybridized carbons (Fsp3) is 0.154. The fourth-order valence-corrected chi connectivity index (χ4v) is 1.51. The van der Waals surface area contributed by atoms with E-state index in [9.17, 15) is 8.78 Å². The number of hydrogen-bond donors (Lipinski definition) is 1. The zero-order chi connectivity index (χ0) is 13.0. The molecule has 2 rings (SSSR count). The lowest BCUT2D eigenvalue weighted by Crippen LogP contribution is -2.07. The summed E-state index contributed by atoms with van der Waals surface area (Å²) in [6.07, 6.45) is 1.53. The van der Waals surface area contributed by atoms with Gasteiger partial charge < -0.3 is 10.1 Å². The Hall–Kier alpha value is -2.01. The number of nitrogens with one attached hydrogen (secondary N) is 1. The van der Waals surface area contributed by atoms with Crippen LogP contribution >= 0.6 is 0 Å². The van der Waals surface area contributed by atoms with E-state index < -0.39 is 11.6 Å². The second kappa shape index (κ2) is 5.55. The summed E-state index contributed by atoms with van der Waals surface area (Å²) in [6.45, 7) is 0.528. The van der Waals surface area contributed by atoms with Gasteiger partial charge in [-0.15, -0.1) is 0 Å². The van der Waals surface area contributed by atoms with Crippen LogP contribution in [0, 0.1) is 11.6 Å². The molecule has 0 saturated carbocycles. The summed E-state index contributed by atoms with van der Waals surface area (Å²) in [4.78, 5) is 4.01. The van der Waals surface area contributed by atoms with Crippen LogP contribution in [0.25, 0.3) is 0 Å². The average molecular weight is 250 g/mol. The molecule has 0 unspecified atom stereocenters. The van der Waals surface area contributed by atoms with Crippen molar-refractivity contribution in [1.82, 2.24) is 10.3 Å². The van der Waals surface area contributed by atoms with Gasteiger partial charge in [-0.25, -0.2) is 9.37 Å². The molecule has 0 aliphatic rings. The Morgan fingerprint density at radius 3 is 2.83 bits per heavy atom. The number of benzene rings is 1. The van der Waals surface area contributed by atoms with E-state index >= 15 is 0 Å². The van der Waals surface area contributed by atoms with Crippen LogP contribution in [0.1, 0.15) is 5.56 Å². The van der Waals surface area contributed by atoms with Crippen molar-refractivity contribution in [2.75, 3.05) is 7.05 Å². The first-order chi connectivity index (χ1) is 8.72. The first-order valence-corrected chi connectivity index (χ1v) is 5.42. The van der Waals surface area contributed by atoms with Gasteiger partial charge in [-0.1, -0.05) is 12.1 Å². The first kappa shape index (κ1) is 12.4. The van der Waals surface area contributed by atoms with Gasteiger partial charge in [0.05, 0.1) is 0 Å². The van der Waals surface area contributed by atoms with Gasteiger partial charge >= 0.3 is 0 Å². The molecule has 0 atom stereocenters. The molecule has 1 heterocycles. The summed E-state index contributed by atoms with van der Waals surface area (Å²) in [5.74, 6) is -1.88. The van der Waals surface area contributed by atoms with E-state index in [1.807, 2.05) is 0 Å². The molecule has 1 aromatic heterocycles. The summed E-state index contributed by atoms with van der Waals surface area (Å²) in [7, 11) is 1.78. The van der Waals surface area contributed by atoms with Gasteiger partial charge in [-0.05, 0) is 25.2 Å². The molecule has 1 N–H and O–H groups in total. The molecule has 0 aliphatic carbocycles. The van der Waals surface area contributed by atoms with E-state index in [-0.39, 0.29) is 11.6 Å². The molecule has 0 saturated heterocycles. The molecule has 5 heteroatoms. The van der Waals surface area contributed by atoms with Crippen molar-refractivity contribution in [2.45, 2.75) is 6.54 Å². The lowest BCUT2D eigenvalue weighted by atomic mass is 10.2. The zero-order valence-electron chi connectivity index (χ0n) is 9.78. The maximum atomic E-state index is 13.5. The predicted molar refractivity (Wildman–Crippen MR) is 63.4 cm³/mol. The number of pyridine rings is 1. The molecule has 0 bridgehead atoms. The van der Waals surface area contributed by atoms with Gasteiger partial charge in [-0.3, -0.25) is 0 Å². The van der Waals surface area contributed by atoms with Gasteiger partial charge in [0.25, 0.3) is 0 Å². The maximum absolute atomic E-state index is 13.5. The lowest BCUT2D eigenvalue weighted by molar-refractivity contribution is 0.401. The van der Waals surface area contributed by atoms with Crippen LogP contribution in [0.4, 0.5) is 8.78 Å². The molecule has 94 valence electrons. The summed E-state index contributed by atoms with van der Waals surface area (Å²) >= 11 is 0. The van der Waals surface area contributed by atoms with Crippen molar-refractivity contribution in [3.05, 3.63) is 53.7 Å². The van der Waals surface area contributed by atoms with E-state index in [1.54, 1.807) is 19.2 Å². The van der Waals surface area contributed by atoms with E-state index in [2.05, 4.69) is 10.3 Å². The molecule has 1 aromatic carbocycles. The summed E-state index contributed by atoms with van der Waals surface area (Å²) in [5, 5.41) is 2.95. The largest absolute Gasteiger partial charge is 0.435 e. The van der Waals surface area contributed by atoms with Crippen molar-refractivity contribution in [2.24, 2.45) is 0 Å². The SMILES string of the molecule is CNCc1cccnc1Oc1cccc(F)c1F. The fourth-order valence-electron chi connectivity index (χ4n) is 1.51. The zero-order valence-corrected chi connectivity index (χ0v) is 9.78. The minimum atomic E-state index is -1.02. The Labute approximate surface area is 103 Å². The van der Waals surface area contributed by atoms with Crippen LogP contribution in [0.2, 0.25) is 0 Å². The van der Waals surface area contributed by atoms with Crippen LogP contribution in [0.15, 0.2) is 36.5 Å². The predicted octanol–water partition coefficient (Wildman–Crippen LogP) is 2.87. The number of aromatic nitrogens is 1. The number of hydrogen-bond acceptors (Lipinski definition) is 3. The molecule has 0 spiro atoms. The molecule has 0 radical (unpaired) electrons. The first-order valence-electron chi connectivity index (χ1n) is 5.42. The Morgan fingerprint density at radius 1 is 1.22 bits per heavy atom. The second-order valence-electron chi connectivity index (χ2n) is 3.65. The standard InChI is InChI=1S/C13H12F2N2O/c1-16-8-9-4-3-7-17-13(9)18-11-6-2-5-10(14)12(11)15/h2-7,16H,8H2,1H3. The third-order valence-corrected chi connectivity index (χ3v) is 2.34. The van der Waals surface area contributed by atoms with Crippen molar-refractivity contribution >= 4 is 0 Å². The number of rotatable bonds is 4. The van der Waals surface area contributed by atoms with Gasteiger partial charge in [-0.2, -0.15) is 4.39 Å². The normalized spacial score (nSPS) is 10.4. The van der Waals surface area contributed by atoms with Crippen LogP contribution in [-0.4, -0.2) is 12.0 Å². The molecule has 18 heavy (non-hydrogen) atoms. The highest BCUT2D eigenvalue weighted by Crippen LogP contribution is 2.26. The Balaban J connectivity index is 2.31. The highest BCUT2D eigenvalue weighted by molar-refractivity contribution is 5.33. The van der Waals surface area contributed by atoms with Gasteiger partial charge in [0, 0.05) is 18.3 Å². The third-order valence-electron chi connectivity index (χ3n) is 2.34. The Kier molecular flexibility index (Phi) is 3.84. The molecule has 0 amide bonds.